The average Bonchev–Trinajstić information content (AvgIpc) is 2.29. The van der Waals surface area contributed by atoms with E-state index < -0.39 is 5.97 Å². The minimum atomic E-state index is -1.03. The Balaban J connectivity index is 0. The summed E-state index contributed by atoms with van der Waals surface area (Å²) in [6.45, 7) is 2.06. The van der Waals surface area contributed by atoms with Crippen LogP contribution in [0.3, 0.4) is 0 Å². The SMILES string of the molecule is CCCCCC(=O)Oc1cccc(C(=O)O)c1.[H-].[Na+]. The quantitative estimate of drug-likeness (QED) is 0.338. The number of benzene rings is 1. The number of hydrogen-bond donors (Lipinski definition) is 1. The van der Waals surface area contributed by atoms with Crippen LogP contribution in [-0.2, 0) is 4.79 Å². The molecule has 0 saturated heterocycles. The van der Waals surface area contributed by atoms with Crippen molar-refractivity contribution in [2.24, 2.45) is 0 Å². The van der Waals surface area contributed by atoms with Gasteiger partial charge < -0.3 is 11.3 Å². The summed E-state index contributed by atoms with van der Waals surface area (Å²) in [4.78, 5) is 22.1. The third-order valence-corrected chi connectivity index (χ3v) is 2.30. The number of rotatable bonds is 6. The predicted octanol–water partition coefficient (Wildman–Crippen LogP) is -0.0130. The first-order chi connectivity index (χ1) is 8.13. The topological polar surface area (TPSA) is 63.6 Å². The normalized spacial score (nSPS) is 9.39. The van der Waals surface area contributed by atoms with Gasteiger partial charge >= 0.3 is 41.5 Å². The van der Waals surface area contributed by atoms with E-state index in [1.54, 1.807) is 12.1 Å². The number of carbonyl (C=O) groups excluding carboxylic acids is 1. The molecule has 0 aliphatic rings. The van der Waals surface area contributed by atoms with E-state index in [1.165, 1.54) is 12.1 Å². The van der Waals surface area contributed by atoms with Gasteiger partial charge in [-0.05, 0) is 24.6 Å². The van der Waals surface area contributed by atoms with E-state index in [0.29, 0.717) is 6.42 Å². The number of carbonyl (C=O) groups is 2. The van der Waals surface area contributed by atoms with Gasteiger partial charge in [-0.25, -0.2) is 4.79 Å². The summed E-state index contributed by atoms with van der Waals surface area (Å²) >= 11 is 0. The van der Waals surface area contributed by atoms with E-state index in [4.69, 9.17) is 9.84 Å². The monoisotopic (exact) mass is 260 g/mol. The Bertz CT molecular complexity index is 409. The second-order valence-electron chi connectivity index (χ2n) is 3.76. The maximum absolute atomic E-state index is 11.4. The molecule has 0 atom stereocenters. The predicted molar refractivity (Wildman–Crippen MR) is 64.3 cm³/mol. The Morgan fingerprint density at radius 2 is 2.06 bits per heavy atom. The van der Waals surface area contributed by atoms with Crippen LogP contribution in [0.2, 0.25) is 0 Å². The number of carboxylic acid groups (broad SMARTS) is 1. The first-order valence-electron chi connectivity index (χ1n) is 5.67. The molecule has 0 unspecified atom stereocenters. The fourth-order valence-electron chi connectivity index (χ4n) is 1.39. The number of esters is 1. The van der Waals surface area contributed by atoms with Gasteiger partial charge in [-0.2, -0.15) is 0 Å². The minimum Gasteiger partial charge on any atom is -1.00 e. The third-order valence-electron chi connectivity index (χ3n) is 2.30. The van der Waals surface area contributed by atoms with Gasteiger partial charge in [0, 0.05) is 6.42 Å². The Hall–Kier alpha value is -0.840. The molecule has 0 aromatic heterocycles. The number of ether oxygens (including phenoxy) is 1. The van der Waals surface area contributed by atoms with Crippen LogP contribution in [0, 0.1) is 0 Å². The van der Waals surface area contributed by atoms with Gasteiger partial charge in [-0.3, -0.25) is 4.79 Å². The van der Waals surface area contributed by atoms with Crippen molar-refractivity contribution >= 4 is 11.9 Å². The van der Waals surface area contributed by atoms with Crippen molar-refractivity contribution in [2.45, 2.75) is 32.6 Å². The maximum Gasteiger partial charge on any atom is 1.00 e. The molecule has 0 saturated carbocycles. The van der Waals surface area contributed by atoms with E-state index in [0.717, 1.165) is 19.3 Å². The van der Waals surface area contributed by atoms with Gasteiger partial charge in [0.05, 0.1) is 5.56 Å². The fourth-order valence-corrected chi connectivity index (χ4v) is 1.39. The summed E-state index contributed by atoms with van der Waals surface area (Å²) < 4.78 is 5.05. The molecule has 0 spiro atoms. The Morgan fingerprint density at radius 1 is 1.33 bits per heavy atom. The van der Waals surface area contributed by atoms with Crippen LogP contribution in [0.25, 0.3) is 0 Å². The number of unbranched alkanes of at least 4 members (excludes halogenated alkanes) is 2. The molecule has 0 fully saturated rings. The molecule has 0 amide bonds. The van der Waals surface area contributed by atoms with Crippen LogP contribution in [0.5, 0.6) is 5.75 Å². The van der Waals surface area contributed by atoms with E-state index in [9.17, 15) is 9.59 Å². The molecule has 1 rings (SSSR count). The van der Waals surface area contributed by atoms with Crippen molar-refractivity contribution in [1.82, 2.24) is 0 Å². The zero-order valence-electron chi connectivity index (χ0n) is 11.8. The Labute approximate surface area is 130 Å². The molecule has 1 N–H and O–H groups in total. The standard InChI is InChI=1S/C13H16O4.Na.H/c1-2-3-4-8-12(14)17-11-7-5-6-10(9-11)13(15)16;;/h5-7,9H,2-4,8H2,1H3,(H,15,16);;/q;+1;-1. The van der Waals surface area contributed by atoms with Crippen molar-refractivity contribution in [2.75, 3.05) is 0 Å². The first-order valence-corrected chi connectivity index (χ1v) is 5.67. The van der Waals surface area contributed by atoms with Gasteiger partial charge in [0.25, 0.3) is 0 Å². The van der Waals surface area contributed by atoms with Crippen LogP contribution >= 0.6 is 0 Å². The molecule has 1 aromatic carbocycles. The van der Waals surface area contributed by atoms with Crippen LogP contribution < -0.4 is 34.3 Å². The van der Waals surface area contributed by atoms with Crippen LogP contribution in [0.4, 0.5) is 0 Å². The molecule has 5 heteroatoms. The maximum atomic E-state index is 11.4. The Kier molecular flexibility index (Phi) is 8.71. The van der Waals surface area contributed by atoms with Crippen molar-refractivity contribution in [1.29, 1.82) is 0 Å². The molecule has 4 nitrogen and oxygen atoms in total. The zero-order chi connectivity index (χ0) is 12.7. The van der Waals surface area contributed by atoms with Crippen molar-refractivity contribution in [3.8, 4) is 5.75 Å². The summed E-state index contributed by atoms with van der Waals surface area (Å²) in [5.41, 5.74) is 0.115. The number of carboxylic acids is 1. The van der Waals surface area contributed by atoms with Crippen LogP contribution in [-0.4, -0.2) is 17.0 Å². The third kappa shape index (κ3) is 6.19. The van der Waals surface area contributed by atoms with Gasteiger partial charge in [-0.1, -0.05) is 25.8 Å². The largest absolute Gasteiger partial charge is 1.00 e. The van der Waals surface area contributed by atoms with Crippen molar-refractivity contribution in [3.63, 3.8) is 0 Å². The smallest absolute Gasteiger partial charge is 1.00 e. The molecule has 0 aliphatic heterocycles. The molecular weight excluding hydrogens is 243 g/mol. The van der Waals surface area contributed by atoms with Crippen molar-refractivity contribution < 1.29 is 50.4 Å². The van der Waals surface area contributed by atoms with Gasteiger partial charge in [0.2, 0.25) is 0 Å². The van der Waals surface area contributed by atoms with Gasteiger partial charge in [-0.15, -0.1) is 0 Å². The molecule has 18 heavy (non-hydrogen) atoms. The van der Waals surface area contributed by atoms with Crippen LogP contribution in [0.1, 0.15) is 44.4 Å². The molecule has 0 heterocycles. The molecular formula is C13H17NaO4. The summed E-state index contributed by atoms with van der Waals surface area (Å²) in [7, 11) is 0. The van der Waals surface area contributed by atoms with Gasteiger partial charge in [0.1, 0.15) is 5.75 Å². The molecule has 0 aliphatic carbocycles. The zero-order valence-corrected chi connectivity index (χ0v) is 12.8. The second kappa shape index (κ2) is 9.14. The fraction of sp³-hybridized carbons (Fsp3) is 0.385. The number of hydrogen-bond acceptors (Lipinski definition) is 3. The summed E-state index contributed by atoms with van der Waals surface area (Å²) in [5, 5.41) is 8.78. The van der Waals surface area contributed by atoms with Crippen LogP contribution in [0.15, 0.2) is 24.3 Å². The second-order valence-corrected chi connectivity index (χ2v) is 3.76. The molecule has 1 aromatic rings. The summed E-state index contributed by atoms with van der Waals surface area (Å²) in [6, 6.07) is 5.93. The van der Waals surface area contributed by atoms with Crippen molar-refractivity contribution in [3.05, 3.63) is 29.8 Å². The average molecular weight is 260 g/mol. The van der Waals surface area contributed by atoms with E-state index in [2.05, 4.69) is 6.92 Å². The number of aromatic carboxylic acids is 1. The molecule has 0 radical (unpaired) electrons. The van der Waals surface area contributed by atoms with E-state index in [1.807, 2.05) is 0 Å². The summed E-state index contributed by atoms with van der Waals surface area (Å²) in [5.74, 6) is -1.07. The molecule has 0 bridgehead atoms. The molecule has 94 valence electrons. The Morgan fingerprint density at radius 3 is 2.67 bits per heavy atom. The van der Waals surface area contributed by atoms with E-state index >= 15 is 0 Å². The van der Waals surface area contributed by atoms with E-state index in [-0.39, 0.29) is 48.3 Å². The minimum absolute atomic E-state index is 0. The van der Waals surface area contributed by atoms with Gasteiger partial charge in [0.15, 0.2) is 0 Å². The first kappa shape index (κ1) is 17.2. The summed E-state index contributed by atoms with van der Waals surface area (Å²) in [6.07, 6.45) is 3.20.